The van der Waals surface area contributed by atoms with E-state index in [1.54, 1.807) is 18.2 Å². The Morgan fingerprint density at radius 2 is 1.79 bits per heavy atom. The van der Waals surface area contributed by atoms with E-state index in [9.17, 15) is 13.2 Å². The number of aryl methyl sites for hydroxylation is 1. The number of sulfonamides is 1. The number of hydrogen-bond donors (Lipinski definition) is 1. The van der Waals surface area contributed by atoms with Gasteiger partial charge in [0.25, 0.3) is 5.91 Å². The van der Waals surface area contributed by atoms with Crippen LogP contribution in [0.4, 0.5) is 0 Å². The van der Waals surface area contributed by atoms with Gasteiger partial charge in [-0.05, 0) is 50.1 Å². The molecule has 1 heterocycles. The molecule has 0 spiro atoms. The molecule has 1 N–H and O–H groups in total. The summed E-state index contributed by atoms with van der Waals surface area (Å²) in [4.78, 5) is 12.5. The quantitative estimate of drug-likeness (QED) is 0.723. The Balaban J connectivity index is 1.56. The van der Waals surface area contributed by atoms with Crippen LogP contribution in [0.1, 0.15) is 35.2 Å². The lowest BCUT2D eigenvalue weighted by Crippen LogP contribution is -2.35. The lowest BCUT2D eigenvalue weighted by molar-refractivity contribution is 0.0947. The van der Waals surface area contributed by atoms with Gasteiger partial charge in [-0.25, -0.2) is 8.42 Å². The van der Waals surface area contributed by atoms with E-state index >= 15 is 0 Å². The molecule has 0 aliphatic carbocycles. The molecule has 28 heavy (non-hydrogen) atoms. The van der Waals surface area contributed by atoms with Crippen LogP contribution in [0.25, 0.3) is 0 Å². The van der Waals surface area contributed by atoms with Gasteiger partial charge >= 0.3 is 0 Å². The minimum absolute atomic E-state index is 0.165. The third kappa shape index (κ3) is 5.11. The maximum atomic E-state index is 12.8. The normalized spacial score (nSPS) is 15.2. The molecule has 0 radical (unpaired) electrons. The van der Waals surface area contributed by atoms with E-state index in [1.807, 2.05) is 31.2 Å². The Morgan fingerprint density at radius 1 is 1.07 bits per heavy atom. The summed E-state index contributed by atoms with van der Waals surface area (Å²) in [6.45, 7) is 3.74. The van der Waals surface area contributed by atoms with Crippen LogP contribution in [-0.4, -0.2) is 44.9 Å². The number of hydrogen-bond acceptors (Lipinski definition) is 4. The topological polar surface area (TPSA) is 75.7 Å². The number of benzene rings is 2. The molecular formula is C21H26N2O4S. The summed E-state index contributed by atoms with van der Waals surface area (Å²) in [6.07, 6.45) is 2.81. The lowest BCUT2D eigenvalue weighted by Gasteiger charge is -2.26. The Morgan fingerprint density at radius 3 is 2.50 bits per heavy atom. The van der Waals surface area contributed by atoms with Crippen molar-refractivity contribution in [2.24, 2.45) is 0 Å². The predicted molar refractivity (Wildman–Crippen MR) is 108 cm³/mol. The van der Waals surface area contributed by atoms with Gasteiger partial charge in [-0.3, -0.25) is 4.79 Å². The second-order valence-corrected chi connectivity index (χ2v) is 8.85. The zero-order valence-electron chi connectivity index (χ0n) is 16.1. The van der Waals surface area contributed by atoms with Crippen LogP contribution in [-0.2, 0) is 10.0 Å². The first kappa shape index (κ1) is 20.4. The molecule has 1 fully saturated rings. The van der Waals surface area contributed by atoms with Gasteiger partial charge in [0.15, 0.2) is 0 Å². The van der Waals surface area contributed by atoms with Crippen LogP contribution in [0.15, 0.2) is 53.4 Å². The summed E-state index contributed by atoms with van der Waals surface area (Å²) in [5.74, 6) is 0.428. The maximum absolute atomic E-state index is 12.8. The lowest BCUT2D eigenvalue weighted by atomic mass is 10.2. The highest BCUT2D eigenvalue weighted by molar-refractivity contribution is 7.89. The zero-order valence-corrected chi connectivity index (χ0v) is 16.9. The summed E-state index contributed by atoms with van der Waals surface area (Å²) in [5, 5.41) is 2.77. The fraction of sp³-hybridized carbons (Fsp3) is 0.381. The fourth-order valence-electron chi connectivity index (χ4n) is 3.12. The third-order valence-electron chi connectivity index (χ3n) is 4.73. The minimum atomic E-state index is -3.55. The van der Waals surface area contributed by atoms with Gasteiger partial charge in [-0.2, -0.15) is 4.31 Å². The van der Waals surface area contributed by atoms with Gasteiger partial charge in [0.05, 0.1) is 11.4 Å². The van der Waals surface area contributed by atoms with E-state index in [2.05, 4.69) is 5.32 Å². The van der Waals surface area contributed by atoms with Gasteiger partial charge in [-0.15, -0.1) is 0 Å². The molecule has 0 atom stereocenters. The van der Waals surface area contributed by atoms with E-state index in [0.717, 1.165) is 30.6 Å². The van der Waals surface area contributed by atoms with Crippen molar-refractivity contribution in [1.82, 2.24) is 9.62 Å². The molecule has 1 amide bonds. The smallest absolute Gasteiger partial charge is 0.251 e. The van der Waals surface area contributed by atoms with Gasteiger partial charge < -0.3 is 10.1 Å². The fourth-order valence-corrected chi connectivity index (χ4v) is 4.69. The van der Waals surface area contributed by atoms with E-state index in [1.165, 1.54) is 10.4 Å². The van der Waals surface area contributed by atoms with Crippen LogP contribution in [0.3, 0.4) is 0 Å². The molecule has 2 aromatic rings. The van der Waals surface area contributed by atoms with Crippen LogP contribution >= 0.6 is 0 Å². The Bertz CT molecular complexity index is 904. The van der Waals surface area contributed by atoms with Gasteiger partial charge in [0.2, 0.25) is 10.0 Å². The SMILES string of the molecule is Cc1ccc(OCCNC(=O)c2cccc(S(=O)(=O)N3CCCCC3)c2)cc1. The van der Waals surface area contributed by atoms with E-state index < -0.39 is 10.0 Å². The number of nitrogens with one attached hydrogen (secondary N) is 1. The van der Waals surface area contributed by atoms with E-state index in [4.69, 9.17) is 4.74 Å². The van der Waals surface area contributed by atoms with E-state index in [0.29, 0.717) is 31.8 Å². The van der Waals surface area contributed by atoms with Crippen LogP contribution in [0.5, 0.6) is 5.75 Å². The first-order valence-corrected chi connectivity index (χ1v) is 11.0. The molecule has 0 aromatic heterocycles. The molecule has 2 aromatic carbocycles. The summed E-state index contributed by atoms with van der Waals surface area (Å²) in [5.41, 5.74) is 1.48. The number of piperidine rings is 1. The number of nitrogens with zero attached hydrogens (tertiary/aromatic N) is 1. The third-order valence-corrected chi connectivity index (χ3v) is 6.62. The molecule has 0 saturated carbocycles. The Hall–Kier alpha value is -2.38. The molecule has 0 unspecified atom stereocenters. The Labute approximate surface area is 166 Å². The van der Waals surface area contributed by atoms with Crippen molar-refractivity contribution < 1.29 is 17.9 Å². The number of amides is 1. The van der Waals surface area contributed by atoms with Crippen LogP contribution < -0.4 is 10.1 Å². The van der Waals surface area contributed by atoms with Crippen LogP contribution in [0.2, 0.25) is 0 Å². The van der Waals surface area contributed by atoms with Crippen molar-refractivity contribution in [2.45, 2.75) is 31.1 Å². The number of ether oxygens (including phenoxy) is 1. The van der Waals surface area contributed by atoms with Gasteiger partial charge in [0, 0.05) is 18.7 Å². The van der Waals surface area contributed by atoms with Crippen LogP contribution in [0, 0.1) is 6.92 Å². The molecule has 1 aliphatic rings. The van der Waals surface area contributed by atoms with Crippen molar-refractivity contribution in [2.75, 3.05) is 26.2 Å². The monoisotopic (exact) mass is 402 g/mol. The van der Waals surface area contributed by atoms with Crippen molar-refractivity contribution in [3.8, 4) is 5.75 Å². The molecule has 7 heteroatoms. The van der Waals surface area contributed by atoms with Gasteiger partial charge in [-0.1, -0.05) is 30.2 Å². The van der Waals surface area contributed by atoms with Crippen molar-refractivity contribution in [3.63, 3.8) is 0 Å². The molecule has 0 bridgehead atoms. The highest BCUT2D eigenvalue weighted by Crippen LogP contribution is 2.21. The summed E-state index contributed by atoms with van der Waals surface area (Å²) < 4.78 is 32.6. The first-order valence-electron chi connectivity index (χ1n) is 9.55. The standard InChI is InChI=1S/C21H26N2O4S/c1-17-8-10-19(11-9-17)27-15-12-22-21(24)18-6-5-7-20(16-18)28(25,26)23-13-3-2-4-14-23/h5-11,16H,2-4,12-15H2,1H3,(H,22,24). The predicted octanol–water partition coefficient (Wildman–Crippen LogP) is 2.98. The number of carbonyl (C=O) groups is 1. The highest BCUT2D eigenvalue weighted by atomic mass is 32.2. The summed E-state index contributed by atoms with van der Waals surface area (Å²) in [7, 11) is -3.55. The average Bonchev–Trinajstić information content (AvgIpc) is 2.73. The molecule has 3 rings (SSSR count). The Kier molecular flexibility index (Phi) is 6.70. The minimum Gasteiger partial charge on any atom is -0.492 e. The molecular weight excluding hydrogens is 376 g/mol. The van der Waals surface area contributed by atoms with Crippen molar-refractivity contribution in [1.29, 1.82) is 0 Å². The zero-order chi connectivity index (χ0) is 20.0. The average molecular weight is 403 g/mol. The second-order valence-electron chi connectivity index (χ2n) is 6.91. The van der Waals surface area contributed by atoms with Crippen molar-refractivity contribution in [3.05, 3.63) is 59.7 Å². The summed E-state index contributed by atoms with van der Waals surface area (Å²) in [6, 6.07) is 13.9. The molecule has 1 saturated heterocycles. The first-order chi connectivity index (χ1) is 13.5. The van der Waals surface area contributed by atoms with Gasteiger partial charge in [0.1, 0.15) is 12.4 Å². The molecule has 1 aliphatic heterocycles. The van der Waals surface area contributed by atoms with Crippen molar-refractivity contribution >= 4 is 15.9 Å². The highest BCUT2D eigenvalue weighted by Gasteiger charge is 2.26. The number of rotatable bonds is 7. The van der Waals surface area contributed by atoms with E-state index in [-0.39, 0.29) is 10.8 Å². The second kappa shape index (κ2) is 9.21. The molecule has 150 valence electrons. The number of carbonyl (C=O) groups excluding carboxylic acids is 1. The summed E-state index contributed by atoms with van der Waals surface area (Å²) >= 11 is 0. The molecule has 6 nitrogen and oxygen atoms in total. The largest absolute Gasteiger partial charge is 0.492 e. The maximum Gasteiger partial charge on any atom is 0.251 e.